The number of pyridine rings is 1. The fourth-order valence-electron chi connectivity index (χ4n) is 4.98. The number of piperazine rings is 1. The highest BCUT2D eigenvalue weighted by molar-refractivity contribution is 5.95. The smallest absolute Gasteiger partial charge is 0.416 e. The van der Waals surface area contributed by atoms with E-state index in [-0.39, 0.29) is 17.4 Å². The van der Waals surface area contributed by atoms with E-state index in [1.54, 1.807) is 11.1 Å². The molecule has 3 heterocycles. The van der Waals surface area contributed by atoms with Crippen molar-refractivity contribution in [2.45, 2.75) is 25.2 Å². The third-order valence-corrected chi connectivity index (χ3v) is 6.80. The lowest BCUT2D eigenvalue weighted by atomic mass is 9.99. The van der Waals surface area contributed by atoms with Gasteiger partial charge < -0.3 is 14.6 Å². The van der Waals surface area contributed by atoms with Gasteiger partial charge in [-0.2, -0.15) is 13.2 Å². The van der Waals surface area contributed by atoms with Gasteiger partial charge in [0.05, 0.1) is 12.7 Å². The van der Waals surface area contributed by atoms with Crippen LogP contribution >= 0.6 is 0 Å². The maximum atomic E-state index is 13.7. The number of hydrogen-bond donors (Lipinski definition) is 1. The van der Waals surface area contributed by atoms with Crippen LogP contribution in [0.4, 0.5) is 13.2 Å². The Morgan fingerprint density at radius 1 is 1.14 bits per heavy atom. The van der Waals surface area contributed by atoms with Gasteiger partial charge in [-0.25, -0.2) is 0 Å². The summed E-state index contributed by atoms with van der Waals surface area (Å²) in [6, 6.07) is 14.8. The summed E-state index contributed by atoms with van der Waals surface area (Å²) in [6.45, 7) is 2.25. The summed E-state index contributed by atoms with van der Waals surface area (Å²) < 4.78 is 45.7. The second-order valence-corrected chi connectivity index (χ2v) is 9.26. The number of fused-ring (bicyclic) bond motifs is 1. The van der Waals surface area contributed by atoms with Crippen LogP contribution in [0.1, 0.15) is 27.0 Å². The van der Waals surface area contributed by atoms with Crippen molar-refractivity contribution in [2.24, 2.45) is 0 Å². The molecule has 37 heavy (non-hydrogen) atoms. The van der Waals surface area contributed by atoms with E-state index in [4.69, 9.17) is 4.74 Å². The summed E-state index contributed by atoms with van der Waals surface area (Å²) in [5.74, 6) is -0.433. The van der Waals surface area contributed by atoms with E-state index in [0.29, 0.717) is 32.6 Å². The Labute approximate surface area is 212 Å². The van der Waals surface area contributed by atoms with Crippen LogP contribution in [0, 0.1) is 0 Å². The lowest BCUT2D eigenvalue weighted by Gasteiger charge is -2.41. The average molecular weight is 509 g/mol. The van der Waals surface area contributed by atoms with Gasteiger partial charge in [0, 0.05) is 67.3 Å². The van der Waals surface area contributed by atoms with Crippen molar-refractivity contribution in [1.29, 1.82) is 0 Å². The maximum absolute atomic E-state index is 13.7. The van der Waals surface area contributed by atoms with Gasteiger partial charge in [0.15, 0.2) is 0 Å². The predicted molar refractivity (Wildman–Crippen MR) is 134 cm³/mol. The molecule has 0 unspecified atom stereocenters. The molecule has 2 aromatic carbocycles. The minimum atomic E-state index is -4.59. The molecule has 5 rings (SSSR count). The molecule has 6 nitrogen and oxygen atoms in total. The molecule has 1 saturated heterocycles. The molecule has 4 aromatic rings. The molecule has 1 atom stereocenters. The molecule has 1 aliphatic heterocycles. The summed E-state index contributed by atoms with van der Waals surface area (Å²) in [4.78, 5) is 25.1. The number of methoxy groups -OCH3 is 1. The zero-order chi connectivity index (χ0) is 26.0. The molecule has 1 N–H and O–H groups in total. The van der Waals surface area contributed by atoms with Crippen molar-refractivity contribution < 1.29 is 22.7 Å². The van der Waals surface area contributed by atoms with E-state index in [9.17, 15) is 18.0 Å². The van der Waals surface area contributed by atoms with Crippen LogP contribution in [0.5, 0.6) is 5.75 Å². The summed E-state index contributed by atoms with van der Waals surface area (Å²) in [5.41, 5.74) is 2.19. The van der Waals surface area contributed by atoms with Crippen molar-refractivity contribution >= 4 is 16.8 Å². The van der Waals surface area contributed by atoms with Crippen LogP contribution in [0.25, 0.3) is 10.9 Å². The fourth-order valence-corrected chi connectivity index (χ4v) is 4.98. The first-order valence-electron chi connectivity index (χ1n) is 12.1. The number of carbonyl (C=O) groups is 1. The normalized spacial score (nSPS) is 16.8. The molecule has 0 aliphatic carbocycles. The number of aromatic amines is 1. The number of benzene rings is 2. The quantitative estimate of drug-likeness (QED) is 0.391. The van der Waals surface area contributed by atoms with Gasteiger partial charge >= 0.3 is 6.18 Å². The first-order valence-corrected chi connectivity index (χ1v) is 12.1. The summed E-state index contributed by atoms with van der Waals surface area (Å²) in [7, 11) is 1.29. The van der Waals surface area contributed by atoms with E-state index in [0.717, 1.165) is 34.2 Å². The van der Waals surface area contributed by atoms with E-state index in [1.165, 1.54) is 13.2 Å². The van der Waals surface area contributed by atoms with Gasteiger partial charge in [0.25, 0.3) is 5.91 Å². The molecule has 0 radical (unpaired) electrons. The summed E-state index contributed by atoms with van der Waals surface area (Å²) in [5, 5.41) is 1.07. The predicted octanol–water partition coefficient (Wildman–Crippen LogP) is 5.16. The number of ether oxygens (including phenoxy) is 1. The van der Waals surface area contributed by atoms with Crippen LogP contribution in [-0.4, -0.2) is 58.5 Å². The van der Waals surface area contributed by atoms with E-state index >= 15 is 0 Å². The molecule has 0 spiro atoms. The number of hydrogen-bond acceptors (Lipinski definition) is 4. The number of aromatic nitrogens is 2. The van der Waals surface area contributed by atoms with Gasteiger partial charge in [-0.1, -0.05) is 24.3 Å². The standard InChI is InChI=1S/C28H27F3N4O2/c1-37-24-13-20(11-22(14-24)28(29,30)31)27(36)35-10-9-34(17-19-5-4-8-32-15-19)18-23(35)12-21-16-33-26-7-3-2-6-25(21)26/h2-8,11,13-16,23,33H,9-10,12,17-18H2,1H3/t23-/m1/s1. The molecule has 1 amide bonds. The maximum Gasteiger partial charge on any atom is 0.416 e. The first-order chi connectivity index (χ1) is 17.8. The SMILES string of the molecule is COc1cc(C(=O)N2CCN(Cc3cccnc3)C[C@H]2Cc2c[nH]c3ccccc23)cc(C(F)(F)F)c1. The Balaban J connectivity index is 1.46. The van der Waals surface area contributed by atoms with Crippen LogP contribution in [0.2, 0.25) is 0 Å². The van der Waals surface area contributed by atoms with Gasteiger partial charge in [-0.3, -0.25) is 14.7 Å². The highest BCUT2D eigenvalue weighted by atomic mass is 19.4. The Bertz CT molecular complexity index is 1390. The second-order valence-electron chi connectivity index (χ2n) is 9.26. The van der Waals surface area contributed by atoms with Gasteiger partial charge in [-0.15, -0.1) is 0 Å². The number of nitrogens with one attached hydrogen (secondary N) is 1. The third-order valence-electron chi connectivity index (χ3n) is 6.80. The summed E-state index contributed by atoms with van der Waals surface area (Å²) >= 11 is 0. The minimum Gasteiger partial charge on any atom is -0.497 e. The molecule has 1 fully saturated rings. The molecule has 1 aliphatic rings. The monoisotopic (exact) mass is 508 g/mol. The van der Waals surface area contributed by atoms with E-state index < -0.39 is 17.6 Å². The van der Waals surface area contributed by atoms with Crippen LogP contribution in [0.3, 0.4) is 0 Å². The number of amides is 1. The van der Waals surface area contributed by atoms with Gasteiger partial charge in [0.2, 0.25) is 0 Å². The largest absolute Gasteiger partial charge is 0.497 e. The van der Waals surface area contributed by atoms with Crippen molar-refractivity contribution in [2.75, 3.05) is 26.7 Å². The van der Waals surface area contributed by atoms with Crippen LogP contribution in [0.15, 0.2) is 73.2 Å². The zero-order valence-electron chi connectivity index (χ0n) is 20.3. The number of alkyl halides is 3. The molecule has 0 saturated carbocycles. The number of para-hydroxylation sites is 1. The fraction of sp³-hybridized carbons (Fsp3) is 0.286. The highest BCUT2D eigenvalue weighted by Gasteiger charge is 2.35. The molecular formula is C28H27F3N4O2. The number of rotatable bonds is 6. The second kappa shape index (κ2) is 10.3. The number of carbonyl (C=O) groups excluding carboxylic acids is 1. The van der Waals surface area contributed by atoms with Crippen LogP contribution in [-0.2, 0) is 19.1 Å². The Morgan fingerprint density at radius 2 is 1.97 bits per heavy atom. The van der Waals surface area contributed by atoms with Crippen molar-refractivity contribution in [1.82, 2.24) is 19.8 Å². The van der Waals surface area contributed by atoms with Gasteiger partial charge in [-0.05, 0) is 47.9 Å². The minimum absolute atomic E-state index is 0.00145. The van der Waals surface area contributed by atoms with Crippen molar-refractivity contribution in [3.63, 3.8) is 0 Å². The van der Waals surface area contributed by atoms with Crippen LogP contribution < -0.4 is 4.74 Å². The van der Waals surface area contributed by atoms with E-state index in [2.05, 4.69) is 14.9 Å². The topological polar surface area (TPSA) is 61.5 Å². The number of nitrogens with zero attached hydrogens (tertiary/aromatic N) is 3. The third kappa shape index (κ3) is 5.46. The molecule has 192 valence electrons. The lowest BCUT2D eigenvalue weighted by molar-refractivity contribution is -0.137. The highest BCUT2D eigenvalue weighted by Crippen LogP contribution is 2.33. The molecule has 0 bridgehead atoms. The molecular weight excluding hydrogens is 481 g/mol. The number of halogens is 3. The number of H-pyrrole nitrogens is 1. The first kappa shape index (κ1) is 24.8. The Hall–Kier alpha value is -3.85. The Kier molecular flexibility index (Phi) is 6.88. The average Bonchev–Trinajstić information content (AvgIpc) is 3.31. The van der Waals surface area contributed by atoms with Crippen molar-refractivity contribution in [3.8, 4) is 5.75 Å². The zero-order valence-corrected chi connectivity index (χ0v) is 20.3. The Morgan fingerprint density at radius 3 is 2.73 bits per heavy atom. The van der Waals surface area contributed by atoms with Crippen molar-refractivity contribution in [3.05, 3.63) is 95.4 Å². The van der Waals surface area contributed by atoms with Gasteiger partial charge in [0.1, 0.15) is 5.75 Å². The molecule has 2 aromatic heterocycles. The van der Waals surface area contributed by atoms with E-state index in [1.807, 2.05) is 48.8 Å². The summed E-state index contributed by atoms with van der Waals surface area (Å²) in [6.07, 6.45) is 1.47. The lowest BCUT2D eigenvalue weighted by Crippen LogP contribution is -2.55. The molecule has 9 heteroatoms.